The molecule has 0 aliphatic heterocycles. The first-order valence-corrected chi connectivity index (χ1v) is 14.5. The van der Waals surface area contributed by atoms with E-state index in [1.165, 1.54) is 0 Å². The SMILES string of the molecule is CCCCOCCN(CCCCCSc1nc(-c2ccccc2)c(-c2ccccc2)[nH]1)C(=O)NC(C)C. The zero-order chi connectivity index (χ0) is 26.3. The first-order valence-electron chi connectivity index (χ1n) is 13.5. The Morgan fingerprint density at radius 2 is 1.65 bits per heavy atom. The lowest BCUT2D eigenvalue weighted by atomic mass is 10.1. The lowest BCUT2D eigenvalue weighted by Crippen LogP contribution is -2.44. The molecule has 0 aliphatic carbocycles. The Labute approximate surface area is 226 Å². The molecule has 3 aromatic rings. The quantitative estimate of drug-likeness (QED) is 0.154. The van der Waals surface area contributed by atoms with Crippen LogP contribution < -0.4 is 5.32 Å². The zero-order valence-electron chi connectivity index (χ0n) is 22.5. The van der Waals surface area contributed by atoms with Gasteiger partial charge in [-0.25, -0.2) is 9.78 Å². The number of carbonyl (C=O) groups is 1. The molecule has 2 N–H and O–H groups in total. The second-order valence-electron chi connectivity index (χ2n) is 9.46. The lowest BCUT2D eigenvalue weighted by molar-refractivity contribution is 0.106. The van der Waals surface area contributed by atoms with E-state index in [0.29, 0.717) is 13.2 Å². The van der Waals surface area contributed by atoms with E-state index in [1.54, 1.807) is 11.8 Å². The van der Waals surface area contributed by atoms with Crippen LogP contribution in [-0.2, 0) is 4.74 Å². The summed E-state index contributed by atoms with van der Waals surface area (Å²) in [5.41, 5.74) is 4.30. The number of nitrogens with zero attached hydrogens (tertiary/aromatic N) is 2. The lowest BCUT2D eigenvalue weighted by Gasteiger charge is -2.24. The second-order valence-corrected chi connectivity index (χ2v) is 10.5. The van der Waals surface area contributed by atoms with Gasteiger partial charge in [-0.1, -0.05) is 92.2 Å². The van der Waals surface area contributed by atoms with Crippen molar-refractivity contribution in [2.24, 2.45) is 0 Å². The molecule has 0 spiro atoms. The van der Waals surface area contributed by atoms with Crippen LogP contribution in [-0.4, -0.2) is 59.0 Å². The fourth-order valence-electron chi connectivity index (χ4n) is 3.97. The average molecular weight is 523 g/mol. The van der Waals surface area contributed by atoms with Crippen molar-refractivity contribution >= 4 is 17.8 Å². The molecule has 0 fully saturated rings. The molecule has 2 amide bonds. The van der Waals surface area contributed by atoms with Crippen molar-refractivity contribution in [1.82, 2.24) is 20.2 Å². The molecule has 0 bridgehead atoms. The van der Waals surface area contributed by atoms with Gasteiger partial charge >= 0.3 is 6.03 Å². The summed E-state index contributed by atoms with van der Waals surface area (Å²) in [6.45, 7) is 8.87. The van der Waals surface area contributed by atoms with Crippen LogP contribution in [0.2, 0.25) is 0 Å². The average Bonchev–Trinajstić information content (AvgIpc) is 3.34. The van der Waals surface area contributed by atoms with Crippen LogP contribution in [0.25, 0.3) is 22.5 Å². The van der Waals surface area contributed by atoms with Crippen molar-refractivity contribution < 1.29 is 9.53 Å². The molecule has 0 unspecified atom stereocenters. The summed E-state index contributed by atoms with van der Waals surface area (Å²) in [5.74, 6) is 0.980. The highest BCUT2D eigenvalue weighted by atomic mass is 32.2. The number of unbranched alkanes of at least 4 members (excludes halogenated alkanes) is 3. The van der Waals surface area contributed by atoms with E-state index in [4.69, 9.17) is 9.72 Å². The number of hydrogen-bond donors (Lipinski definition) is 2. The van der Waals surface area contributed by atoms with Crippen LogP contribution >= 0.6 is 11.8 Å². The Hall–Kier alpha value is -2.77. The summed E-state index contributed by atoms with van der Waals surface area (Å²) >= 11 is 1.76. The number of thioether (sulfide) groups is 1. The zero-order valence-corrected chi connectivity index (χ0v) is 23.4. The molecule has 7 heteroatoms. The predicted octanol–water partition coefficient (Wildman–Crippen LogP) is 7.24. The molecule has 0 atom stereocenters. The van der Waals surface area contributed by atoms with Crippen molar-refractivity contribution in [2.45, 2.75) is 64.1 Å². The molecule has 0 aliphatic rings. The van der Waals surface area contributed by atoms with Crippen molar-refractivity contribution in [3.8, 4) is 22.5 Å². The third kappa shape index (κ3) is 9.90. The molecule has 1 heterocycles. The van der Waals surface area contributed by atoms with Crippen LogP contribution in [0.1, 0.15) is 52.9 Å². The summed E-state index contributed by atoms with van der Waals surface area (Å²) in [6.07, 6.45) is 5.29. The fourth-order valence-corrected chi connectivity index (χ4v) is 4.84. The van der Waals surface area contributed by atoms with Crippen molar-refractivity contribution in [3.63, 3.8) is 0 Å². The van der Waals surface area contributed by atoms with Gasteiger partial charge < -0.3 is 19.9 Å². The number of hydrogen-bond acceptors (Lipinski definition) is 4. The maximum absolute atomic E-state index is 12.6. The van der Waals surface area contributed by atoms with Gasteiger partial charge in [-0.2, -0.15) is 0 Å². The Bertz CT molecular complexity index is 983. The van der Waals surface area contributed by atoms with E-state index in [1.807, 2.05) is 43.0 Å². The van der Waals surface area contributed by atoms with Crippen LogP contribution in [0.4, 0.5) is 4.79 Å². The van der Waals surface area contributed by atoms with Crippen molar-refractivity contribution in [3.05, 3.63) is 60.7 Å². The Balaban J connectivity index is 1.49. The summed E-state index contributed by atoms with van der Waals surface area (Å²) < 4.78 is 5.69. The van der Waals surface area contributed by atoms with Crippen LogP contribution in [0.3, 0.4) is 0 Å². The third-order valence-electron chi connectivity index (χ3n) is 5.95. The van der Waals surface area contributed by atoms with E-state index in [-0.39, 0.29) is 12.1 Å². The summed E-state index contributed by atoms with van der Waals surface area (Å²) in [6, 6.07) is 20.8. The molecule has 200 valence electrons. The number of urea groups is 1. The van der Waals surface area contributed by atoms with Crippen LogP contribution in [0.5, 0.6) is 0 Å². The maximum atomic E-state index is 12.6. The number of aromatic amines is 1. The highest BCUT2D eigenvalue weighted by Crippen LogP contribution is 2.32. The summed E-state index contributed by atoms with van der Waals surface area (Å²) in [5, 5.41) is 3.96. The number of carbonyl (C=O) groups excluding carboxylic acids is 1. The highest BCUT2D eigenvalue weighted by Gasteiger charge is 2.15. The molecule has 3 rings (SSSR count). The molecule has 6 nitrogen and oxygen atoms in total. The van der Waals surface area contributed by atoms with Crippen molar-refractivity contribution in [2.75, 3.05) is 32.1 Å². The van der Waals surface area contributed by atoms with E-state index >= 15 is 0 Å². The first kappa shape index (κ1) is 28.8. The second kappa shape index (κ2) is 16.2. The Morgan fingerprint density at radius 3 is 2.32 bits per heavy atom. The number of ether oxygens (including phenoxy) is 1. The third-order valence-corrected chi connectivity index (χ3v) is 6.91. The molecule has 0 saturated heterocycles. The molecule has 1 aromatic heterocycles. The Kier molecular flexibility index (Phi) is 12.6. The van der Waals surface area contributed by atoms with Gasteiger partial charge in [0.2, 0.25) is 0 Å². The maximum Gasteiger partial charge on any atom is 0.317 e. The van der Waals surface area contributed by atoms with Crippen molar-refractivity contribution in [1.29, 1.82) is 0 Å². The molecular weight excluding hydrogens is 480 g/mol. The number of rotatable bonds is 16. The number of nitrogens with one attached hydrogen (secondary N) is 2. The minimum atomic E-state index is 0.000866. The van der Waals surface area contributed by atoms with Gasteiger partial charge in [-0.05, 0) is 33.1 Å². The van der Waals surface area contributed by atoms with Crippen LogP contribution in [0.15, 0.2) is 65.8 Å². The van der Waals surface area contributed by atoms with Gasteiger partial charge in [0.1, 0.15) is 0 Å². The fraction of sp³-hybridized carbons (Fsp3) is 0.467. The highest BCUT2D eigenvalue weighted by molar-refractivity contribution is 7.99. The van der Waals surface area contributed by atoms with Gasteiger partial charge in [-0.15, -0.1) is 0 Å². The van der Waals surface area contributed by atoms with E-state index in [0.717, 1.165) is 78.7 Å². The Morgan fingerprint density at radius 1 is 0.946 bits per heavy atom. The number of aromatic nitrogens is 2. The molecule has 0 radical (unpaired) electrons. The molecule has 0 saturated carbocycles. The molecule has 2 aromatic carbocycles. The predicted molar refractivity (Wildman–Crippen MR) is 155 cm³/mol. The number of H-pyrrole nitrogens is 1. The minimum absolute atomic E-state index is 0.000866. The molecular formula is C30H42N4O2S. The summed E-state index contributed by atoms with van der Waals surface area (Å²) in [7, 11) is 0. The van der Waals surface area contributed by atoms with Gasteiger partial charge in [-0.3, -0.25) is 0 Å². The monoisotopic (exact) mass is 522 g/mol. The normalized spacial score (nSPS) is 11.1. The number of benzene rings is 2. The minimum Gasteiger partial charge on any atom is -0.380 e. The number of amides is 2. The summed E-state index contributed by atoms with van der Waals surface area (Å²) in [4.78, 5) is 23.0. The van der Waals surface area contributed by atoms with E-state index in [2.05, 4.69) is 53.6 Å². The van der Waals surface area contributed by atoms with Gasteiger partial charge in [0.15, 0.2) is 5.16 Å². The van der Waals surface area contributed by atoms with Gasteiger partial charge in [0, 0.05) is 42.6 Å². The van der Waals surface area contributed by atoms with E-state index in [9.17, 15) is 4.79 Å². The molecule has 37 heavy (non-hydrogen) atoms. The smallest absolute Gasteiger partial charge is 0.317 e. The van der Waals surface area contributed by atoms with Crippen LogP contribution in [0, 0.1) is 0 Å². The van der Waals surface area contributed by atoms with E-state index < -0.39 is 0 Å². The van der Waals surface area contributed by atoms with Gasteiger partial charge in [0.05, 0.1) is 18.0 Å². The largest absolute Gasteiger partial charge is 0.380 e. The standard InChI is InChI=1S/C30H42N4O2S/c1-4-5-21-36-22-20-34(30(35)31-24(2)3)19-13-8-14-23-37-29-32-27(25-15-9-6-10-16-25)28(33-29)26-17-11-7-12-18-26/h6-7,9-12,15-18,24H,4-5,8,13-14,19-23H2,1-3H3,(H,31,35)(H,32,33). The first-order chi connectivity index (χ1) is 18.1. The topological polar surface area (TPSA) is 70.2 Å². The van der Waals surface area contributed by atoms with Gasteiger partial charge in [0.25, 0.3) is 0 Å². The number of imidazole rings is 1.